The van der Waals surface area contributed by atoms with Gasteiger partial charge in [0.25, 0.3) is 0 Å². The topological polar surface area (TPSA) is 46.5 Å². The second kappa shape index (κ2) is 11.3. The van der Waals surface area contributed by atoms with Gasteiger partial charge in [0, 0.05) is 33.9 Å². The van der Waals surface area contributed by atoms with Gasteiger partial charge in [-0.2, -0.15) is 5.26 Å². The van der Waals surface area contributed by atoms with Crippen molar-refractivity contribution in [2.45, 2.75) is 27.7 Å². The highest BCUT2D eigenvalue weighted by Crippen LogP contribution is 2.45. The van der Waals surface area contributed by atoms with Gasteiger partial charge in [-0.15, -0.1) is 0 Å². The maximum Gasteiger partial charge on any atom is 0.0991 e. The normalized spacial score (nSPS) is 11.6. The Bertz CT molecular complexity index is 2840. The molecule has 3 aromatic heterocycles. The lowest BCUT2D eigenvalue weighted by molar-refractivity contribution is 1.09. The summed E-state index contributed by atoms with van der Waals surface area (Å²) in [5.41, 5.74) is 16.6. The number of fused-ring (bicyclic) bond motifs is 6. The number of hydrogen-bond donors (Lipinski definition) is 0. The van der Waals surface area contributed by atoms with E-state index in [4.69, 9.17) is 0 Å². The third kappa shape index (κ3) is 4.34. The van der Waals surface area contributed by atoms with Gasteiger partial charge >= 0.3 is 0 Å². The van der Waals surface area contributed by atoms with Crippen molar-refractivity contribution in [2.24, 2.45) is 0 Å². The number of rotatable bonds is 4. The number of aromatic nitrogens is 3. The third-order valence-electron chi connectivity index (χ3n) is 10.3. The van der Waals surface area contributed by atoms with Crippen LogP contribution in [0.1, 0.15) is 27.8 Å². The van der Waals surface area contributed by atoms with E-state index >= 15 is 0 Å². The van der Waals surface area contributed by atoms with Crippen molar-refractivity contribution in [2.75, 3.05) is 0 Å². The lowest BCUT2D eigenvalue weighted by Gasteiger charge is -2.23. The van der Waals surface area contributed by atoms with Crippen molar-refractivity contribution in [3.05, 3.63) is 162 Å². The van der Waals surface area contributed by atoms with Gasteiger partial charge in [0.05, 0.1) is 45.1 Å². The Morgan fingerprint density at radius 1 is 0.500 bits per heavy atom. The number of hydrogen-bond acceptors (Lipinski definition) is 2. The monoisotopic (exact) mass is 642 g/mol. The first-order valence-electron chi connectivity index (χ1n) is 17.0. The van der Waals surface area contributed by atoms with Crippen LogP contribution in [0.25, 0.3) is 77.2 Å². The Morgan fingerprint density at radius 2 is 0.980 bits per heavy atom. The molecule has 238 valence electrons. The smallest absolute Gasteiger partial charge is 0.0991 e. The standard InChI is InChI=1S/C46H34N4/c1-28-11-9-15-36-34-13-5-7-17-40(34)49(45(28)36)42-25-38(33-19-21-48-22-20-33)39(44-30(3)23-32(27-47)24-31(44)4)26-43(42)50-41-18-8-6-14-35(41)37-16-10-12-29(2)46(37)50/h5-26H,1-4H3. The van der Waals surface area contributed by atoms with Gasteiger partial charge in [0.15, 0.2) is 0 Å². The zero-order chi connectivity index (χ0) is 34.1. The fraction of sp³-hybridized carbons (Fsp3) is 0.0870. The van der Waals surface area contributed by atoms with E-state index < -0.39 is 0 Å². The van der Waals surface area contributed by atoms with E-state index in [2.05, 4.69) is 157 Å². The highest BCUT2D eigenvalue weighted by molar-refractivity contribution is 6.13. The van der Waals surface area contributed by atoms with Gasteiger partial charge in [0.2, 0.25) is 0 Å². The van der Waals surface area contributed by atoms with Crippen LogP contribution in [-0.2, 0) is 0 Å². The summed E-state index contributed by atoms with van der Waals surface area (Å²) < 4.78 is 4.95. The van der Waals surface area contributed by atoms with Crippen LogP contribution < -0.4 is 0 Å². The summed E-state index contributed by atoms with van der Waals surface area (Å²) >= 11 is 0. The van der Waals surface area contributed by atoms with Crippen molar-refractivity contribution in [1.82, 2.24) is 14.1 Å². The molecule has 4 nitrogen and oxygen atoms in total. The zero-order valence-corrected chi connectivity index (χ0v) is 28.5. The molecule has 3 heterocycles. The Kier molecular flexibility index (Phi) is 6.72. The highest BCUT2D eigenvalue weighted by Gasteiger charge is 2.24. The van der Waals surface area contributed by atoms with E-state index in [1.165, 1.54) is 43.7 Å². The van der Waals surface area contributed by atoms with Crippen LogP contribution >= 0.6 is 0 Å². The lowest BCUT2D eigenvalue weighted by Crippen LogP contribution is -2.07. The van der Waals surface area contributed by atoms with Crippen LogP contribution in [0.4, 0.5) is 0 Å². The van der Waals surface area contributed by atoms with Crippen LogP contribution in [0.2, 0.25) is 0 Å². The summed E-state index contributed by atoms with van der Waals surface area (Å²) in [5, 5.41) is 14.8. The maximum absolute atomic E-state index is 9.85. The minimum Gasteiger partial charge on any atom is -0.307 e. The predicted molar refractivity (Wildman–Crippen MR) is 207 cm³/mol. The maximum atomic E-state index is 9.85. The molecule has 0 N–H and O–H groups in total. The molecule has 0 saturated heterocycles. The molecule has 0 bridgehead atoms. The molecule has 0 unspecified atom stereocenters. The molecular weight excluding hydrogens is 609 g/mol. The molecule has 0 radical (unpaired) electrons. The summed E-state index contributed by atoms with van der Waals surface area (Å²) in [5.74, 6) is 0. The Morgan fingerprint density at radius 3 is 1.50 bits per heavy atom. The van der Waals surface area contributed by atoms with Crippen molar-refractivity contribution in [3.63, 3.8) is 0 Å². The molecule has 0 saturated carbocycles. The Hall–Kier alpha value is -6.44. The van der Waals surface area contributed by atoms with Crippen LogP contribution in [0, 0.1) is 39.0 Å². The number of aryl methyl sites for hydroxylation is 4. The molecular formula is C46H34N4. The average molecular weight is 643 g/mol. The summed E-state index contributed by atoms with van der Waals surface area (Å²) in [4.78, 5) is 4.39. The minimum absolute atomic E-state index is 0.671. The van der Waals surface area contributed by atoms with Crippen LogP contribution in [0.5, 0.6) is 0 Å². The molecule has 4 heteroatoms. The summed E-state index contributed by atoms with van der Waals surface area (Å²) in [7, 11) is 0. The molecule has 0 atom stereocenters. The van der Waals surface area contributed by atoms with Crippen LogP contribution in [0.3, 0.4) is 0 Å². The van der Waals surface area contributed by atoms with Crippen molar-refractivity contribution in [3.8, 4) is 39.7 Å². The Labute approximate surface area is 291 Å². The zero-order valence-electron chi connectivity index (χ0n) is 28.5. The summed E-state index contributed by atoms with van der Waals surface area (Å²) in [6.07, 6.45) is 3.73. The van der Waals surface area contributed by atoms with E-state index in [1.807, 2.05) is 24.5 Å². The molecule has 9 aromatic rings. The molecule has 0 aliphatic carbocycles. The first kappa shape index (κ1) is 29.7. The number of para-hydroxylation sites is 4. The number of pyridine rings is 1. The first-order chi connectivity index (χ1) is 24.4. The summed E-state index contributed by atoms with van der Waals surface area (Å²) in [6.45, 7) is 8.66. The largest absolute Gasteiger partial charge is 0.307 e. The molecule has 0 fully saturated rings. The predicted octanol–water partition coefficient (Wildman–Crippen LogP) is 11.7. The Balaban J connectivity index is 1.54. The molecule has 9 rings (SSSR count). The second-order valence-electron chi connectivity index (χ2n) is 13.4. The van der Waals surface area contributed by atoms with Crippen LogP contribution in [-0.4, -0.2) is 14.1 Å². The molecule has 50 heavy (non-hydrogen) atoms. The highest BCUT2D eigenvalue weighted by atomic mass is 15.1. The van der Waals surface area contributed by atoms with Gasteiger partial charge in [-0.3, -0.25) is 4.98 Å². The fourth-order valence-electron chi connectivity index (χ4n) is 8.25. The van der Waals surface area contributed by atoms with E-state index in [-0.39, 0.29) is 0 Å². The van der Waals surface area contributed by atoms with Gasteiger partial charge in [-0.05, 0) is 121 Å². The number of benzene rings is 6. The van der Waals surface area contributed by atoms with E-state index in [0.717, 1.165) is 55.8 Å². The van der Waals surface area contributed by atoms with Crippen molar-refractivity contribution in [1.29, 1.82) is 5.26 Å². The summed E-state index contributed by atoms with van der Waals surface area (Å²) in [6, 6.07) is 46.1. The molecule has 0 aliphatic rings. The molecule has 0 aliphatic heterocycles. The quantitative estimate of drug-likeness (QED) is 0.192. The van der Waals surface area contributed by atoms with E-state index in [9.17, 15) is 5.26 Å². The van der Waals surface area contributed by atoms with E-state index in [1.54, 1.807) is 0 Å². The van der Waals surface area contributed by atoms with Gasteiger partial charge in [-0.1, -0.05) is 72.8 Å². The molecule has 0 spiro atoms. The van der Waals surface area contributed by atoms with Crippen molar-refractivity contribution < 1.29 is 0 Å². The number of nitriles is 1. The van der Waals surface area contributed by atoms with Gasteiger partial charge < -0.3 is 9.13 Å². The average Bonchev–Trinajstić information content (AvgIpc) is 3.66. The third-order valence-corrected chi connectivity index (χ3v) is 10.3. The van der Waals surface area contributed by atoms with Gasteiger partial charge in [-0.25, -0.2) is 0 Å². The van der Waals surface area contributed by atoms with Crippen LogP contribution in [0.15, 0.2) is 134 Å². The number of nitrogens with zero attached hydrogens (tertiary/aromatic N) is 4. The lowest BCUT2D eigenvalue weighted by atomic mass is 9.87. The SMILES string of the molecule is Cc1cc(C#N)cc(C)c1-c1cc(-n2c3ccccc3c3cccc(C)c32)c(-n2c3ccccc3c3cccc(C)c32)cc1-c1ccncc1. The second-order valence-corrected chi connectivity index (χ2v) is 13.4. The minimum atomic E-state index is 0.671. The molecule has 6 aromatic carbocycles. The van der Waals surface area contributed by atoms with Crippen molar-refractivity contribution >= 4 is 43.6 Å². The fourth-order valence-corrected chi connectivity index (χ4v) is 8.25. The van der Waals surface area contributed by atoms with Gasteiger partial charge in [0.1, 0.15) is 0 Å². The first-order valence-corrected chi connectivity index (χ1v) is 17.0. The molecule has 0 amide bonds. The van der Waals surface area contributed by atoms with E-state index in [0.29, 0.717) is 5.56 Å².